The van der Waals surface area contributed by atoms with Crippen LogP contribution in [0.2, 0.25) is 0 Å². The van der Waals surface area contributed by atoms with Crippen molar-refractivity contribution in [2.75, 3.05) is 5.73 Å². The van der Waals surface area contributed by atoms with Crippen molar-refractivity contribution in [2.45, 2.75) is 11.8 Å². The Hall–Kier alpha value is -2.99. The average Bonchev–Trinajstić information content (AvgIpc) is 3.30. The first-order valence-electron chi connectivity index (χ1n) is 7.83. The molecule has 124 valence electrons. The van der Waals surface area contributed by atoms with Gasteiger partial charge in [0, 0.05) is 17.4 Å². The predicted molar refractivity (Wildman–Crippen MR) is 99.5 cm³/mol. The van der Waals surface area contributed by atoms with Crippen LogP contribution in [0.4, 0.5) is 5.82 Å². The number of benzene rings is 1. The summed E-state index contributed by atoms with van der Waals surface area (Å²) in [4.78, 5) is 16.8. The summed E-state index contributed by atoms with van der Waals surface area (Å²) in [5.41, 5.74) is 11.0. The fourth-order valence-electron chi connectivity index (χ4n) is 3.34. The number of rotatable bonds is 3. The van der Waals surface area contributed by atoms with Gasteiger partial charge in [-0.25, -0.2) is 4.98 Å². The molecule has 0 bridgehead atoms. The van der Waals surface area contributed by atoms with Gasteiger partial charge in [0.1, 0.15) is 0 Å². The number of nitrogens with zero attached hydrogens (tertiary/aromatic N) is 3. The highest BCUT2D eigenvalue weighted by molar-refractivity contribution is 7.07. The molecule has 0 fully saturated rings. The lowest BCUT2D eigenvalue weighted by Crippen LogP contribution is -2.32. The van der Waals surface area contributed by atoms with E-state index < -0.39 is 5.41 Å². The zero-order chi connectivity index (χ0) is 17.4. The van der Waals surface area contributed by atoms with Gasteiger partial charge in [0.25, 0.3) is 5.91 Å². The number of fused-ring (bicyclic) bond motifs is 1. The lowest BCUT2D eigenvalue weighted by atomic mass is 9.71. The van der Waals surface area contributed by atoms with Gasteiger partial charge in [-0.2, -0.15) is 4.68 Å². The molecule has 25 heavy (non-hydrogen) atoms. The van der Waals surface area contributed by atoms with Crippen molar-refractivity contribution in [3.05, 3.63) is 82.5 Å². The van der Waals surface area contributed by atoms with Gasteiger partial charge in [-0.05, 0) is 11.6 Å². The Morgan fingerprint density at radius 2 is 2.16 bits per heavy atom. The Morgan fingerprint density at radius 1 is 1.36 bits per heavy atom. The third-order valence-corrected chi connectivity index (χ3v) is 5.18. The van der Waals surface area contributed by atoms with Gasteiger partial charge in [-0.15, -0.1) is 16.4 Å². The second kappa shape index (κ2) is 5.82. The maximum atomic E-state index is 12.2. The lowest BCUT2D eigenvalue weighted by Gasteiger charge is -2.32. The van der Waals surface area contributed by atoms with Gasteiger partial charge >= 0.3 is 0 Å². The molecule has 1 aliphatic rings. The summed E-state index contributed by atoms with van der Waals surface area (Å²) in [6.07, 6.45) is 5.86. The summed E-state index contributed by atoms with van der Waals surface area (Å²) < 4.78 is 1.35. The largest absolute Gasteiger partial charge is 0.382 e. The van der Waals surface area contributed by atoms with Crippen LogP contribution in [0.3, 0.4) is 0 Å². The van der Waals surface area contributed by atoms with Gasteiger partial charge in [-0.3, -0.25) is 4.79 Å². The van der Waals surface area contributed by atoms with Gasteiger partial charge < -0.3 is 5.73 Å². The molecular formula is C19H16N4OS. The highest BCUT2D eigenvalue weighted by Gasteiger charge is 2.39. The first-order valence-corrected chi connectivity index (χ1v) is 8.77. The van der Waals surface area contributed by atoms with Gasteiger partial charge in [0.2, 0.25) is 0 Å². The van der Waals surface area contributed by atoms with Crippen molar-refractivity contribution in [3.8, 4) is 0 Å². The van der Waals surface area contributed by atoms with Gasteiger partial charge in [-0.1, -0.05) is 49.1 Å². The zero-order valence-corrected chi connectivity index (χ0v) is 14.2. The predicted octanol–water partition coefficient (Wildman–Crippen LogP) is 3.30. The molecule has 3 aromatic rings. The molecule has 5 nitrogen and oxygen atoms in total. The highest BCUT2D eigenvalue weighted by Crippen LogP contribution is 2.42. The Balaban J connectivity index is 1.94. The summed E-state index contributed by atoms with van der Waals surface area (Å²) in [5, 5.41) is 6.25. The van der Waals surface area contributed by atoms with Crippen LogP contribution >= 0.6 is 11.3 Å². The molecule has 0 aliphatic heterocycles. The molecule has 1 atom stereocenters. The van der Waals surface area contributed by atoms with Crippen molar-refractivity contribution < 1.29 is 4.79 Å². The van der Waals surface area contributed by atoms with Gasteiger partial charge in [0.15, 0.2) is 5.82 Å². The van der Waals surface area contributed by atoms with Crippen LogP contribution in [0.25, 0.3) is 6.08 Å². The summed E-state index contributed by atoms with van der Waals surface area (Å²) in [5.74, 6) is 0.0601. The number of carbonyl (C=O) groups is 1. The number of carbonyl (C=O) groups excluding carboxylic acids is 1. The van der Waals surface area contributed by atoms with E-state index in [-0.39, 0.29) is 5.91 Å². The van der Waals surface area contributed by atoms with Gasteiger partial charge in [0.05, 0.1) is 22.3 Å². The minimum atomic E-state index is -0.458. The SMILES string of the molecule is C=CC(=O)n1nc(N)c2c1CC(c1ccccc1)(c1cscn1)C=C2. The molecule has 1 aromatic carbocycles. The summed E-state index contributed by atoms with van der Waals surface area (Å²) in [6, 6.07) is 10.2. The van der Waals surface area contributed by atoms with E-state index in [1.807, 2.05) is 35.2 Å². The molecule has 4 rings (SSSR count). The maximum Gasteiger partial charge on any atom is 0.270 e. The normalized spacial score (nSPS) is 18.7. The Kier molecular flexibility index (Phi) is 3.62. The van der Waals surface area contributed by atoms with Crippen molar-refractivity contribution in [2.24, 2.45) is 0 Å². The van der Waals surface area contributed by atoms with Crippen molar-refractivity contribution in [1.82, 2.24) is 14.8 Å². The van der Waals surface area contributed by atoms with E-state index in [2.05, 4.69) is 34.9 Å². The molecule has 0 radical (unpaired) electrons. The smallest absolute Gasteiger partial charge is 0.270 e. The van der Waals surface area contributed by atoms with E-state index in [0.717, 1.165) is 22.5 Å². The fourth-order valence-corrected chi connectivity index (χ4v) is 3.98. The Labute approximate surface area is 149 Å². The van der Waals surface area contributed by atoms with Crippen LogP contribution in [-0.4, -0.2) is 20.7 Å². The van der Waals surface area contributed by atoms with Crippen LogP contribution in [0, 0.1) is 0 Å². The number of anilines is 1. The molecule has 6 heteroatoms. The molecule has 1 unspecified atom stereocenters. The molecule has 2 N–H and O–H groups in total. The molecular weight excluding hydrogens is 332 g/mol. The molecule has 0 amide bonds. The standard InChI is InChI=1S/C19H16N4OS/c1-2-17(24)23-15-10-19(16-11-25-12-21-16,13-6-4-3-5-7-13)9-8-14(15)18(20)22-23/h2-9,11-12H,1,10H2,(H2,20,22). The van der Waals surface area contributed by atoms with Crippen LogP contribution < -0.4 is 5.73 Å². The number of thiazole rings is 1. The minimum Gasteiger partial charge on any atom is -0.382 e. The highest BCUT2D eigenvalue weighted by atomic mass is 32.1. The lowest BCUT2D eigenvalue weighted by molar-refractivity contribution is 0.0950. The van der Waals surface area contributed by atoms with E-state index in [1.54, 1.807) is 11.3 Å². The van der Waals surface area contributed by atoms with Crippen LogP contribution in [0.15, 0.2) is 60.0 Å². The molecule has 0 saturated heterocycles. The molecule has 2 heterocycles. The number of nitrogen functional groups attached to an aromatic ring is 1. The summed E-state index contributed by atoms with van der Waals surface area (Å²) >= 11 is 1.55. The quantitative estimate of drug-likeness (QED) is 0.737. The van der Waals surface area contributed by atoms with E-state index in [9.17, 15) is 4.79 Å². The first kappa shape index (κ1) is 15.5. The van der Waals surface area contributed by atoms with E-state index in [4.69, 9.17) is 5.73 Å². The molecule has 0 spiro atoms. The Bertz CT molecular complexity index is 973. The summed E-state index contributed by atoms with van der Waals surface area (Å²) in [7, 11) is 0. The zero-order valence-electron chi connectivity index (χ0n) is 13.4. The van der Waals surface area contributed by atoms with Crippen LogP contribution in [-0.2, 0) is 11.8 Å². The monoisotopic (exact) mass is 348 g/mol. The topological polar surface area (TPSA) is 73.8 Å². The Morgan fingerprint density at radius 3 is 2.84 bits per heavy atom. The number of nitrogens with two attached hydrogens (primary N) is 1. The minimum absolute atomic E-state index is 0.288. The number of hydrogen-bond acceptors (Lipinski definition) is 5. The number of allylic oxidation sites excluding steroid dienone is 2. The number of aromatic nitrogens is 3. The third kappa shape index (κ3) is 2.34. The van der Waals surface area contributed by atoms with Crippen LogP contribution in [0.1, 0.15) is 27.3 Å². The third-order valence-electron chi connectivity index (χ3n) is 4.59. The van der Waals surface area contributed by atoms with Crippen molar-refractivity contribution >= 4 is 29.1 Å². The second-order valence-electron chi connectivity index (χ2n) is 5.92. The van der Waals surface area contributed by atoms with E-state index in [1.165, 1.54) is 10.8 Å². The molecule has 0 saturated carbocycles. The molecule has 2 aromatic heterocycles. The fraction of sp³-hybridized carbons (Fsp3) is 0.105. The second-order valence-corrected chi connectivity index (χ2v) is 6.64. The van der Waals surface area contributed by atoms with Crippen LogP contribution in [0.5, 0.6) is 0 Å². The first-order chi connectivity index (χ1) is 12.2. The average molecular weight is 348 g/mol. The molecule has 1 aliphatic carbocycles. The van der Waals surface area contributed by atoms with E-state index >= 15 is 0 Å². The van der Waals surface area contributed by atoms with Crippen molar-refractivity contribution in [1.29, 1.82) is 0 Å². The summed E-state index contributed by atoms with van der Waals surface area (Å²) in [6.45, 7) is 3.56. The number of hydrogen-bond donors (Lipinski definition) is 1. The van der Waals surface area contributed by atoms with Crippen molar-refractivity contribution in [3.63, 3.8) is 0 Å². The maximum absolute atomic E-state index is 12.2. The van der Waals surface area contributed by atoms with E-state index in [0.29, 0.717) is 12.2 Å².